The number of rotatable bonds is 1. The van der Waals surface area contributed by atoms with Crippen LogP contribution in [-0.4, -0.2) is 20.9 Å². The highest BCUT2D eigenvalue weighted by Crippen LogP contribution is 2.40. The number of oxazole rings is 1. The molecule has 0 atom stereocenters. The van der Waals surface area contributed by atoms with Gasteiger partial charge >= 0.3 is 0 Å². The van der Waals surface area contributed by atoms with E-state index < -0.39 is 5.41 Å². The van der Waals surface area contributed by atoms with Gasteiger partial charge < -0.3 is 14.7 Å². The summed E-state index contributed by atoms with van der Waals surface area (Å²) in [6, 6.07) is 3.73. The number of benzene rings is 1. The van der Waals surface area contributed by atoms with Crippen LogP contribution < -0.4 is 5.32 Å². The monoisotopic (exact) mass is 268 g/mol. The first-order valence-electron chi connectivity index (χ1n) is 6.31. The first-order valence-corrected chi connectivity index (χ1v) is 6.31. The van der Waals surface area contributed by atoms with E-state index in [0.29, 0.717) is 11.5 Å². The van der Waals surface area contributed by atoms with E-state index in [2.05, 4.69) is 20.3 Å². The minimum Gasteiger partial charge on any atom is -0.435 e. The van der Waals surface area contributed by atoms with E-state index in [4.69, 9.17) is 4.42 Å². The Morgan fingerprint density at radius 3 is 2.90 bits per heavy atom. The quantitative estimate of drug-likeness (QED) is 0.710. The summed E-state index contributed by atoms with van der Waals surface area (Å²) in [5.74, 6) is 0.485. The number of hydrogen-bond acceptors (Lipinski definition) is 4. The normalized spacial score (nSPS) is 16.4. The molecule has 3 heterocycles. The second-order valence-corrected chi connectivity index (χ2v) is 5.43. The van der Waals surface area contributed by atoms with Crippen LogP contribution in [-0.2, 0) is 10.2 Å². The summed E-state index contributed by atoms with van der Waals surface area (Å²) in [5, 5.41) is 2.88. The molecule has 0 radical (unpaired) electrons. The number of fused-ring (bicyclic) bond motifs is 2. The first-order chi connectivity index (χ1) is 9.55. The highest BCUT2D eigenvalue weighted by Gasteiger charge is 2.39. The molecular formula is C14H12N4O2. The minimum atomic E-state index is -0.545. The van der Waals surface area contributed by atoms with Crippen LogP contribution in [0.5, 0.6) is 0 Å². The highest BCUT2D eigenvalue weighted by molar-refractivity contribution is 6.07. The number of amides is 1. The Labute approximate surface area is 114 Å². The number of carbonyl (C=O) groups excluding carboxylic acids is 1. The summed E-state index contributed by atoms with van der Waals surface area (Å²) in [4.78, 5) is 23.3. The summed E-state index contributed by atoms with van der Waals surface area (Å²) < 4.78 is 5.71. The third kappa shape index (κ3) is 1.36. The molecule has 2 N–H and O–H groups in total. The lowest BCUT2D eigenvalue weighted by Crippen LogP contribution is -2.26. The van der Waals surface area contributed by atoms with Crippen LogP contribution in [0, 0.1) is 0 Å². The van der Waals surface area contributed by atoms with Crippen molar-refractivity contribution in [2.24, 2.45) is 0 Å². The van der Waals surface area contributed by atoms with Gasteiger partial charge in [0.25, 0.3) is 0 Å². The van der Waals surface area contributed by atoms with Gasteiger partial charge in [0.1, 0.15) is 11.2 Å². The molecule has 1 aliphatic heterocycles. The summed E-state index contributed by atoms with van der Waals surface area (Å²) >= 11 is 0. The molecule has 0 unspecified atom stereocenters. The molecule has 0 saturated heterocycles. The molecule has 3 aromatic rings. The van der Waals surface area contributed by atoms with Crippen molar-refractivity contribution in [3.05, 3.63) is 30.2 Å². The van der Waals surface area contributed by atoms with Crippen molar-refractivity contribution in [1.82, 2.24) is 15.0 Å². The Bertz CT molecular complexity index is 830. The van der Waals surface area contributed by atoms with Crippen LogP contribution in [0.1, 0.15) is 19.4 Å². The number of nitrogens with one attached hydrogen (secondary N) is 2. The molecule has 20 heavy (non-hydrogen) atoms. The molecule has 0 bridgehead atoms. The van der Waals surface area contributed by atoms with Gasteiger partial charge in [-0.05, 0) is 25.5 Å². The smallest absolute Gasteiger partial charge is 0.245 e. The van der Waals surface area contributed by atoms with E-state index >= 15 is 0 Å². The summed E-state index contributed by atoms with van der Waals surface area (Å²) in [7, 11) is 0. The Balaban J connectivity index is 1.93. The predicted octanol–water partition coefficient (Wildman–Crippen LogP) is 2.45. The zero-order valence-electron chi connectivity index (χ0n) is 11.0. The largest absolute Gasteiger partial charge is 0.435 e. The molecule has 2 aromatic heterocycles. The second-order valence-electron chi connectivity index (χ2n) is 5.43. The maximum Gasteiger partial charge on any atom is 0.245 e. The summed E-state index contributed by atoms with van der Waals surface area (Å²) in [6.45, 7) is 3.80. The summed E-state index contributed by atoms with van der Waals surface area (Å²) in [5.41, 5.74) is 3.30. The van der Waals surface area contributed by atoms with Crippen molar-refractivity contribution < 1.29 is 9.21 Å². The molecule has 0 aliphatic carbocycles. The fourth-order valence-electron chi connectivity index (χ4n) is 2.48. The van der Waals surface area contributed by atoms with Crippen LogP contribution in [0.3, 0.4) is 0 Å². The molecule has 0 saturated carbocycles. The molecular weight excluding hydrogens is 256 g/mol. The minimum absolute atomic E-state index is 0.00561. The van der Waals surface area contributed by atoms with Crippen molar-refractivity contribution in [1.29, 1.82) is 0 Å². The number of anilines is 1. The fraction of sp³-hybridized carbons (Fsp3) is 0.214. The van der Waals surface area contributed by atoms with Gasteiger partial charge in [-0.1, -0.05) is 0 Å². The highest BCUT2D eigenvalue weighted by atomic mass is 16.3. The molecule has 1 aromatic carbocycles. The van der Waals surface area contributed by atoms with Crippen molar-refractivity contribution in [2.45, 2.75) is 19.3 Å². The Morgan fingerprint density at radius 2 is 2.15 bits per heavy atom. The number of aromatic amines is 1. The van der Waals surface area contributed by atoms with E-state index in [9.17, 15) is 4.79 Å². The lowest BCUT2D eigenvalue weighted by atomic mass is 9.86. The fourth-order valence-corrected chi connectivity index (χ4v) is 2.48. The van der Waals surface area contributed by atoms with Crippen LogP contribution >= 0.6 is 0 Å². The lowest BCUT2D eigenvalue weighted by Gasteiger charge is -2.14. The van der Waals surface area contributed by atoms with Gasteiger partial charge in [-0.15, -0.1) is 0 Å². The maximum absolute atomic E-state index is 11.9. The molecule has 6 nitrogen and oxygen atoms in total. The third-order valence-corrected chi connectivity index (χ3v) is 3.75. The van der Waals surface area contributed by atoms with Gasteiger partial charge in [0.05, 0.1) is 17.9 Å². The first kappa shape index (κ1) is 11.2. The predicted molar refractivity (Wildman–Crippen MR) is 73.2 cm³/mol. The molecule has 1 amide bonds. The number of carbonyl (C=O) groups is 1. The van der Waals surface area contributed by atoms with Crippen molar-refractivity contribution in [2.75, 3.05) is 5.32 Å². The van der Waals surface area contributed by atoms with E-state index in [1.165, 1.54) is 0 Å². The van der Waals surface area contributed by atoms with Crippen LogP contribution in [0.2, 0.25) is 0 Å². The Hall–Kier alpha value is -2.63. The van der Waals surface area contributed by atoms with E-state index in [1.807, 2.05) is 26.0 Å². The van der Waals surface area contributed by atoms with E-state index in [0.717, 1.165) is 22.5 Å². The van der Waals surface area contributed by atoms with Gasteiger partial charge in [0, 0.05) is 11.8 Å². The standard InChI is InChI=1S/C14H12N4O2/c1-14(2)7-3-9-11(4-8(7)18-13(14)19)20-12(17-9)10-5-15-6-16-10/h3-6H,1-2H3,(H,15,16)(H,18,19). The van der Waals surface area contributed by atoms with E-state index in [1.54, 1.807) is 12.5 Å². The molecule has 1 aliphatic rings. The molecule has 100 valence electrons. The Morgan fingerprint density at radius 1 is 1.30 bits per heavy atom. The molecule has 0 spiro atoms. The average molecular weight is 268 g/mol. The summed E-state index contributed by atoms with van der Waals surface area (Å²) in [6.07, 6.45) is 3.23. The molecule has 0 fully saturated rings. The molecule has 6 heteroatoms. The topological polar surface area (TPSA) is 83.8 Å². The van der Waals surface area contributed by atoms with Gasteiger partial charge in [-0.25, -0.2) is 9.97 Å². The lowest BCUT2D eigenvalue weighted by molar-refractivity contribution is -0.119. The number of H-pyrrole nitrogens is 1. The van der Waals surface area contributed by atoms with Crippen LogP contribution in [0.15, 0.2) is 29.1 Å². The number of imidazole rings is 1. The van der Waals surface area contributed by atoms with Gasteiger partial charge in [0.2, 0.25) is 11.8 Å². The zero-order chi connectivity index (χ0) is 13.9. The van der Waals surface area contributed by atoms with Crippen molar-refractivity contribution in [3.63, 3.8) is 0 Å². The van der Waals surface area contributed by atoms with Crippen molar-refractivity contribution >= 4 is 22.7 Å². The van der Waals surface area contributed by atoms with E-state index in [-0.39, 0.29) is 5.91 Å². The van der Waals surface area contributed by atoms with Gasteiger partial charge in [-0.2, -0.15) is 0 Å². The number of aromatic nitrogens is 3. The van der Waals surface area contributed by atoms with Crippen LogP contribution in [0.4, 0.5) is 5.69 Å². The van der Waals surface area contributed by atoms with Crippen LogP contribution in [0.25, 0.3) is 22.7 Å². The van der Waals surface area contributed by atoms with Gasteiger partial charge in [-0.3, -0.25) is 4.79 Å². The van der Waals surface area contributed by atoms with Crippen molar-refractivity contribution in [3.8, 4) is 11.6 Å². The average Bonchev–Trinajstić information content (AvgIpc) is 3.08. The second kappa shape index (κ2) is 3.47. The number of hydrogen-bond donors (Lipinski definition) is 2. The molecule has 4 rings (SSSR count). The maximum atomic E-state index is 11.9. The number of nitrogens with zero attached hydrogens (tertiary/aromatic N) is 2. The third-order valence-electron chi connectivity index (χ3n) is 3.75. The van der Waals surface area contributed by atoms with Gasteiger partial charge in [0.15, 0.2) is 5.58 Å². The SMILES string of the molecule is CC1(C)C(=O)Nc2cc3oc(-c4cnc[nH]4)nc3cc21. The Kier molecular flexibility index (Phi) is 1.95. The zero-order valence-corrected chi connectivity index (χ0v) is 11.0.